The summed E-state index contributed by atoms with van der Waals surface area (Å²) in [4.78, 5) is 16.0. The van der Waals surface area contributed by atoms with Gasteiger partial charge in [0.15, 0.2) is 5.82 Å². The number of hydrogen-bond acceptors (Lipinski definition) is 3. The Morgan fingerprint density at radius 1 is 1.37 bits per heavy atom. The first-order valence-electron chi connectivity index (χ1n) is 6.17. The first-order valence-corrected chi connectivity index (χ1v) is 6.71. The lowest BCUT2D eigenvalue weighted by atomic mass is 10.1. The number of alkyl halides is 1. The molecule has 0 atom stereocenters. The van der Waals surface area contributed by atoms with Crippen molar-refractivity contribution in [3.05, 3.63) is 58.1 Å². The molecule has 0 radical (unpaired) electrons. The van der Waals surface area contributed by atoms with Gasteiger partial charge in [-0.15, -0.1) is 11.6 Å². The maximum Gasteiger partial charge on any atom is 0.293 e. The Bertz CT molecular complexity index is 610. The molecule has 0 saturated carbocycles. The van der Waals surface area contributed by atoms with Crippen molar-refractivity contribution in [1.29, 1.82) is 0 Å². The average Bonchev–Trinajstić information content (AvgIpc) is 2.46. The van der Waals surface area contributed by atoms with Crippen LogP contribution in [0.2, 0.25) is 0 Å². The summed E-state index contributed by atoms with van der Waals surface area (Å²) in [5.74, 6) is 0.862. The van der Waals surface area contributed by atoms with Crippen LogP contribution in [0.5, 0.6) is 0 Å². The van der Waals surface area contributed by atoms with Crippen LogP contribution < -0.4 is 10.9 Å². The van der Waals surface area contributed by atoms with Gasteiger partial charge in [0.1, 0.15) is 0 Å². The van der Waals surface area contributed by atoms with E-state index < -0.39 is 0 Å². The van der Waals surface area contributed by atoms with Crippen molar-refractivity contribution in [1.82, 2.24) is 9.55 Å². The number of nitrogens with zero attached hydrogens (tertiary/aromatic N) is 2. The third-order valence-corrected chi connectivity index (χ3v) is 3.17. The molecule has 100 valence electrons. The molecule has 5 heteroatoms. The summed E-state index contributed by atoms with van der Waals surface area (Å²) in [6, 6.07) is 7.93. The highest BCUT2D eigenvalue weighted by Crippen LogP contribution is 2.08. The van der Waals surface area contributed by atoms with Crippen molar-refractivity contribution in [2.75, 3.05) is 5.32 Å². The molecule has 0 unspecified atom stereocenters. The molecule has 0 aliphatic carbocycles. The number of halogens is 1. The molecule has 0 saturated heterocycles. The summed E-state index contributed by atoms with van der Waals surface area (Å²) >= 11 is 5.79. The Morgan fingerprint density at radius 3 is 2.89 bits per heavy atom. The fourth-order valence-corrected chi connectivity index (χ4v) is 1.99. The van der Waals surface area contributed by atoms with E-state index in [1.807, 2.05) is 31.2 Å². The number of aryl methyl sites for hydroxylation is 1. The van der Waals surface area contributed by atoms with Crippen molar-refractivity contribution in [2.45, 2.75) is 25.9 Å². The maximum absolute atomic E-state index is 12.0. The molecule has 2 rings (SSSR count). The first kappa shape index (κ1) is 13.6. The van der Waals surface area contributed by atoms with Gasteiger partial charge in [-0.1, -0.05) is 24.3 Å². The fourth-order valence-electron chi connectivity index (χ4n) is 1.83. The molecule has 19 heavy (non-hydrogen) atoms. The molecule has 1 heterocycles. The van der Waals surface area contributed by atoms with Gasteiger partial charge in [0.25, 0.3) is 5.56 Å². The topological polar surface area (TPSA) is 46.9 Å². The summed E-state index contributed by atoms with van der Waals surface area (Å²) in [5.41, 5.74) is 2.04. The van der Waals surface area contributed by atoms with Gasteiger partial charge in [-0.05, 0) is 18.1 Å². The zero-order valence-electron chi connectivity index (χ0n) is 10.8. The third kappa shape index (κ3) is 3.35. The standard InChI is InChI=1S/C14H16ClN3O/c1-2-18-7-6-16-13(14(18)19)17-10-12-5-3-4-11(8-12)9-15/h3-8H,2,9-10H2,1H3,(H,16,17). The smallest absolute Gasteiger partial charge is 0.293 e. The Balaban J connectivity index is 2.12. The molecule has 0 spiro atoms. The van der Waals surface area contributed by atoms with Crippen molar-refractivity contribution >= 4 is 17.4 Å². The van der Waals surface area contributed by atoms with Crippen LogP contribution in [0.25, 0.3) is 0 Å². The van der Waals surface area contributed by atoms with Crippen molar-refractivity contribution in [3.63, 3.8) is 0 Å². The lowest BCUT2D eigenvalue weighted by molar-refractivity contribution is 0.718. The predicted molar refractivity (Wildman–Crippen MR) is 77.5 cm³/mol. The zero-order valence-corrected chi connectivity index (χ0v) is 11.5. The summed E-state index contributed by atoms with van der Waals surface area (Å²) in [7, 11) is 0. The Hall–Kier alpha value is -1.81. The van der Waals surface area contributed by atoms with Crippen LogP contribution in [0.4, 0.5) is 5.82 Å². The monoisotopic (exact) mass is 277 g/mol. The Kier molecular flexibility index (Phi) is 4.58. The number of nitrogens with one attached hydrogen (secondary N) is 1. The van der Waals surface area contributed by atoms with E-state index in [0.717, 1.165) is 11.1 Å². The highest BCUT2D eigenvalue weighted by molar-refractivity contribution is 6.17. The second-order valence-corrected chi connectivity index (χ2v) is 4.44. The minimum atomic E-state index is -0.0986. The lowest BCUT2D eigenvalue weighted by Crippen LogP contribution is -2.23. The van der Waals surface area contributed by atoms with Gasteiger partial charge in [-0.2, -0.15) is 0 Å². The van der Waals surface area contributed by atoms with Gasteiger partial charge in [-0.25, -0.2) is 4.98 Å². The van der Waals surface area contributed by atoms with Gasteiger partial charge in [0, 0.05) is 31.4 Å². The van der Waals surface area contributed by atoms with E-state index >= 15 is 0 Å². The summed E-state index contributed by atoms with van der Waals surface area (Å²) in [5, 5.41) is 3.07. The molecule has 2 aromatic rings. The van der Waals surface area contributed by atoms with Gasteiger partial charge < -0.3 is 9.88 Å². The molecule has 1 aromatic carbocycles. The largest absolute Gasteiger partial charge is 0.361 e. The van der Waals surface area contributed by atoms with Crippen molar-refractivity contribution < 1.29 is 0 Å². The number of aromatic nitrogens is 2. The van der Waals surface area contributed by atoms with E-state index in [1.165, 1.54) is 0 Å². The lowest BCUT2D eigenvalue weighted by Gasteiger charge is -2.08. The van der Waals surface area contributed by atoms with Gasteiger partial charge in [0.05, 0.1) is 0 Å². The highest BCUT2D eigenvalue weighted by Gasteiger charge is 2.03. The van der Waals surface area contributed by atoms with E-state index in [-0.39, 0.29) is 5.56 Å². The van der Waals surface area contributed by atoms with E-state index in [4.69, 9.17) is 11.6 Å². The summed E-state index contributed by atoms with van der Waals surface area (Å²) in [6.45, 7) is 3.12. The number of rotatable bonds is 5. The van der Waals surface area contributed by atoms with E-state index in [9.17, 15) is 4.79 Å². The minimum Gasteiger partial charge on any atom is -0.361 e. The van der Waals surface area contributed by atoms with Gasteiger partial charge in [-0.3, -0.25) is 4.79 Å². The van der Waals surface area contributed by atoms with Crippen LogP contribution in [-0.4, -0.2) is 9.55 Å². The van der Waals surface area contributed by atoms with E-state index in [0.29, 0.717) is 24.8 Å². The summed E-state index contributed by atoms with van der Waals surface area (Å²) in [6.07, 6.45) is 3.31. The van der Waals surface area contributed by atoms with E-state index in [2.05, 4.69) is 10.3 Å². The van der Waals surface area contributed by atoms with Crippen LogP contribution in [-0.2, 0) is 19.0 Å². The molecular formula is C14H16ClN3O. The van der Waals surface area contributed by atoms with Crippen LogP contribution in [0.1, 0.15) is 18.1 Å². The third-order valence-electron chi connectivity index (χ3n) is 2.86. The highest BCUT2D eigenvalue weighted by atomic mass is 35.5. The molecule has 0 aliphatic rings. The molecular weight excluding hydrogens is 262 g/mol. The van der Waals surface area contributed by atoms with Crippen LogP contribution in [0, 0.1) is 0 Å². The predicted octanol–water partition coefficient (Wildman–Crippen LogP) is 2.61. The first-order chi connectivity index (χ1) is 9.24. The average molecular weight is 278 g/mol. The van der Waals surface area contributed by atoms with Crippen molar-refractivity contribution in [3.8, 4) is 0 Å². The Morgan fingerprint density at radius 2 is 2.16 bits per heavy atom. The number of anilines is 1. The molecule has 1 aromatic heterocycles. The molecule has 1 N–H and O–H groups in total. The van der Waals surface area contributed by atoms with Gasteiger partial charge >= 0.3 is 0 Å². The van der Waals surface area contributed by atoms with E-state index in [1.54, 1.807) is 17.0 Å². The normalized spacial score (nSPS) is 10.4. The quantitative estimate of drug-likeness (QED) is 0.855. The van der Waals surface area contributed by atoms with Crippen LogP contribution in [0.15, 0.2) is 41.5 Å². The SMILES string of the molecule is CCn1ccnc(NCc2cccc(CCl)c2)c1=O. The fraction of sp³-hybridized carbons (Fsp3) is 0.286. The van der Waals surface area contributed by atoms with Crippen LogP contribution >= 0.6 is 11.6 Å². The zero-order chi connectivity index (χ0) is 13.7. The molecule has 0 aliphatic heterocycles. The minimum absolute atomic E-state index is 0.0986. The Labute approximate surface area is 117 Å². The number of hydrogen-bond donors (Lipinski definition) is 1. The van der Waals surface area contributed by atoms with Crippen LogP contribution in [0.3, 0.4) is 0 Å². The molecule has 0 fully saturated rings. The number of benzene rings is 1. The maximum atomic E-state index is 12.0. The van der Waals surface area contributed by atoms with Crippen molar-refractivity contribution in [2.24, 2.45) is 0 Å². The second-order valence-electron chi connectivity index (χ2n) is 4.17. The molecule has 4 nitrogen and oxygen atoms in total. The van der Waals surface area contributed by atoms with Gasteiger partial charge in [0.2, 0.25) is 0 Å². The molecule has 0 bridgehead atoms. The second kappa shape index (κ2) is 6.38. The molecule has 0 amide bonds. The summed E-state index contributed by atoms with van der Waals surface area (Å²) < 4.78 is 1.62.